The number of halogens is 3. The van der Waals surface area contributed by atoms with E-state index >= 15 is 0 Å². The van der Waals surface area contributed by atoms with Crippen molar-refractivity contribution in [2.75, 3.05) is 22.6 Å². The van der Waals surface area contributed by atoms with Crippen LogP contribution in [0.4, 0.5) is 17.1 Å². The molecule has 0 saturated carbocycles. The number of para-hydroxylation sites is 2. The molecular formula is C24H16Cl3N3O4. The zero-order chi connectivity index (χ0) is 24.4. The standard InChI is InChI=1S/C24H16Cl3N3O4/c1-34-18-11-3-2-10-17(18)30-23(32)20(27)21(24(30)33)28-14-7-4-6-13(12-14)22(31)29-16-9-5-8-15(25)19(16)26/h2-12,28H,1H3,(H,29,31). The second-order valence-corrected chi connectivity index (χ2v) is 8.23. The Morgan fingerprint density at radius 3 is 2.41 bits per heavy atom. The summed E-state index contributed by atoms with van der Waals surface area (Å²) in [6, 6.07) is 17.8. The summed E-state index contributed by atoms with van der Waals surface area (Å²) in [4.78, 5) is 39.5. The summed E-state index contributed by atoms with van der Waals surface area (Å²) in [7, 11) is 1.44. The van der Waals surface area contributed by atoms with Gasteiger partial charge in [-0.2, -0.15) is 0 Å². The van der Waals surface area contributed by atoms with Gasteiger partial charge in [-0.3, -0.25) is 14.4 Å². The van der Waals surface area contributed by atoms with Crippen molar-refractivity contribution in [2.45, 2.75) is 0 Å². The van der Waals surface area contributed by atoms with Gasteiger partial charge >= 0.3 is 0 Å². The molecule has 3 aromatic rings. The SMILES string of the molecule is COc1ccccc1N1C(=O)C(Cl)=C(Nc2cccc(C(=O)Nc3cccc(Cl)c3Cl)c2)C1=O. The summed E-state index contributed by atoms with van der Waals surface area (Å²) in [5.41, 5.74) is 1.15. The first-order chi connectivity index (χ1) is 16.3. The van der Waals surface area contributed by atoms with Gasteiger partial charge in [0.25, 0.3) is 17.7 Å². The normalized spacial score (nSPS) is 13.4. The van der Waals surface area contributed by atoms with Gasteiger partial charge in [0, 0.05) is 11.3 Å². The Balaban J connectivity index is 1.57. The topological polar surface area (TPSA) is 87.7 Å². The second kappa shape index (κ2) is 9.77. The van der Waals surface area contributed by atoms with Crippen LogP contribution < -0.4 is 20.3 Å². The Morgan fingerprint density at radius 1 is 0.912 bits per heavy atom. The molecule has 2 N–H and O–H groups in total. The highest BCUT2D eigenvalue weighted by Crippen LogP contribution is 2.35. The van der Waals surface area contributed by atoms with Gasteiger partial charge in [0.05, 0.1) is 28.5 Å². The second-order valence-electron chi connectivity index (χ2n) is 7.07. The lowest BCUT2D eigenvalue weighted by atomic mass is 10.1. The maximum Gasteiger partial charge on any atom is 0.283 e. The van der Waals surface area contributed by atoms with E-state index in [2.05, 4.69) is 10.6 Å². The van der Waals surface area contributed by atoms with Crippen LogP contribution in [0.5, 0.6) is 5.75 Å². The van der Waals surface area contributed by atoms with E-state index < -0.39 is 17.7 Å². The van der Waals surface area contributed by atoms with E-state index in [-0.39, 0.29) is 27.0 Å². The Bertz CT molecular complexity index is 1360. The lowest BCUT2D eigenvalue weighted by Gasteiger charge is -2.18. The van der Waals surface area contributed by atoms with E-state index in [0.29, 0.717) is 22.1 Å². The molecule has 0 radical (unpaired) electrons. The quantitative estimate of drug-likeness (QED) is 0.411. The maximum atomic E-state index is 13.1. The minimum atomic E-state index is -0.692. The Hall–Kier alpha value is -3.52. The van der Waals surface area contributed by atoms with E-state index in [1.807, 2.05) is 0 Å². The minimum absolute atomic E-state index is 0.118. The third kappa shape index (κ3) is 4.46. The summed E-state index contributed by atoms with van der Waals surface area (Å²) in [5, 5.41) is 5.79. The monoisotopic (exact) mass is 515 g/mol. The molecule has 0 saturated heterocycles. The molecule has 0 bridgehead atoms. The number of imide groups is 1. The van der Waals surface area contributed by atoms with Gasteiger partial charge in [0.15, 0.2) is 0 Å². The number of methoxy groups -OCH3 is 1. The summed E-state index contributed by atoms with van der Waals surface area (Å²) in [6.45, 7) is 0. The lowest BCUT2D eigenvalue weighted by molar-refractivity contribution is -0.120. The van der Waals surface area contributed by atoms with Crippen LogP contribution in [0.1, 0.15) is 10.4 Å². The molecule has 0 aromatic heterocycles. The highest BCUT2D eigenvalue weighted by Gasteiger charge is 2.40. The van der Waals surface area contributed by atoms with Crippen LogP contribution in [-0.4, -0.2) is 24.8 Å². The van der Waals surface area contributed by atoms with E-state index in [1.54, 1.807) is 60.7 Å². The van der Waals surface area contributed by atoms with Crippen molar-refractivity contribution in [2.24, 2.45) is 0 Å². The van der Waals surface area contributed by atoms with E-state index in [9.17, 15) is 14.4 Å². The zero-order valence-corrected chi connectivity index (χ0v) is 19.8. The molecule has 0 fully saturated rings. The first-order valence-electron chi connectivity index (χ1n) is 9.86. The Morgan fingerprint density at radius 2 is 1.65 bits per heavy atom. The molecule has 3 aromatic carbocycles. The number of nitrogens with one attached hydrogen (secondary N) is 2. The molecule has 0 spiro atoms. The molecule has 4 rings (SSSR count). The number of rotatable bonds is 6. The van der Waals surface area contributed by atoms with Crippen molar-refractivity contribution < 1.29 is 19.1 Å². The van der Waals surface area contributed by atoms with E-state index in [4.69, 9.17) is 39.5 Å². The van der Waals surface area contributed by atoms with Crippen molar-refractivity contribution in [3.8, 4) is 5.75 Å². The Kier molecular flexibility index (Phi) is 6.79. The van der Waals surface area contributed by atoms with Crippen molar-refractivity contribution in [3.05, 3.63) is 93.1 Å². The van der Waals surface area contributed by atoms with Crippen LogP contribution in [0, 0.1) is 0 Å². The number of nitrogens with zero attached hydrogens (tertiary/aromatic N) is 1. The highest BCUT2D eigenvalue weighted by molar-refractivity contribution is 6.53. The fourth-order valence-electron chi connectivity index (χ4n) is 3.32. The van der Waals surface area contributed by atoms with Gasteiger partial charge in [-0.05, 0) is 42.5 Å². The fourth-order valence-corrected chi connectivity index (χ4v) is 3.88. The van der Waals surface area contributed by atoms with Crippen LogP contribution in [-0.2, 0) is 9.59 Å². The van der Waals surface area contributed by atoms with Crippen molar-refractivity contribution in [3.63, 3.8) is 0 Å². The molecule has 3 amide bonds. The largest absolute Gasteiger partial charge is 0.495 e. The van der Waals surface area contributed by atoms with Gasteiger partial charge in [-0.15, -0.1) is 0 Å². The minimum Gasteiger partial charge on any atom is -0.495 e. The first kappa shape index (κ1) is 23.6. The summed E-state index contributed by atoms with van der Waals surface area (Å²) in [5.74, 6) is -1.45. The lowest BCUT2D eigenvalue weighted by Crippen LogP contribution is -2.32. The Labute approximate surface area is 209 Å². The first-order valence-corrected chi connectivity index (χ1v) is 11.0. The number of hydrogen-bond donors (Lipinski definition) is 2. The zero-order valence-electron chi connectivity index (χ0n) is 17.6. The van der Waals surface area contributed by atoms with E-state index in [1.165, 1.54) is 13.2 Å². The van der Waals surface area contributed by atoms with Gasteiger partial charge in [-0.25, -0.2) is 4.90 Å². The molecule has 0 aliphatic carbocycles. The van der Waals surface area contributed by atoms with Crippen LogP contribution >= 0.6 is 34.8 Å². The van der Waals surface area contributed by atoms with Crippen LogP contribution in [0.2, 0.25) is 10.0 Å². The number of amides is 3. The summed E-state index contributed by atoms with van der Waals surface area (Å²) >= 11 is 18.3. The van der Waals surface area contributed by atoms with Crippen molar-refractivity contribution in [1.29, 1.82) is 0 Å². The highest BCUT2D eigenvalue weighted by atomic mass is 35.5. The molecular weight excluding hydrogens is 501 g/mol. The summed E-state index contributed by atoms with van der Waals surface area (Å²) < 4.78 is 5.26. The molecule has 0 atom stereocenters. The predicted molar refractivity (Wildman–Crippen MR) is 133 cm³/mol. The third-order valence-electron chi connectivity index (χ3n) is 4.95. The number of hydrogen-bond acceptors (Lipinski definition) is 5. The van der Waals surface area contributed by atoms with Crippen LogP contribution in [0.15, 0.2) is 77.5 Å². The van der Waals surface area contributed by atoms with Gasteiger partial charge < -0.3 is 15.4 Å². The van der Waals surface area contributed by atoms with Crippen LogP contribution in [0.3, 0.4) is 0 Å². The molecule has 1 aliphatic heterocycles. The average molecular weight is 517 g/mol. The number of benzene rings is 3. The molecule has 172 valence electrons. The van der Waals surface area contributed by atoms with Crippen molar-refractivity contribution in [1.82, 2.24) is 0 Å². The molecule has 34 heavy (non-hydrogen) atoms. The fraction of sp³-hybridized carbons (Fsp3) is 0.0417. The molecule has 7 nitrogen and oxygen atoms in total. The van der Waals surface area contributed by atoms with Gasteiger partial charge in [0.1, 0.15) is 16.5 Å². The molecule has 1 heterocycles. The van der Waals surface area contributed by atoms with E-state index in [0.717, 1.165) is 4.90 Å². The van der Waals surface area contributed by atoms with Gasteiger partial charge in [-0.1, -0.05) is 59.1 Å². The average Bonchev–Trinajstić information content (AvgIpc) is 3.05. The third-order valence-corrected chi connectivity index (χ3v) is 6.12. The number of carbonyl (C=O) groups excluding carboxylic acids is 3. The van der Waals surface area contributed by atoms with Gasteiger partial charge in [0.2, 0.25) is 0 Å². The predicted octanol–water partition coefficient (Wildman–Crippen LogP) is 5.69. The number of ether oxygens (including phenoxy) is 1. The summed E-state index contributed by atoms with van der Waals surface area (Å²) in [6.07, 6.45) is 0. The number of carbonyl (C=O) groups is 3. The van der Waals surface area contributed by atoms with Crippen LogP contribution in [0.25, 0.3) is 0 Å². The molecule has 1 aliphatic rings. The molecule has 10 heteroatoms. The molecule has 0 unspecified atom stereocenters. The van der Waals surface area contributed by atoms with Crippen molar-refractivity contribution >= 4 is 69.6 Å². The smallest absolute Gasteiger partial charge is 0.283 e. The number of anilines is 3. The maximum absolute atomic E-state index is 13.1.